The number of pyridine rings is 2. The second-order valence-corrected chi connectivity index (χ2v) is 5.83. The van der Waals surface area contributed by atoms with Crippen molar-refractivity contribution in [1.82, 2.24) is 14.0 Å². The second-order valence-electron chi connectivity index (χ2n) is 5.83. The van der Waals surface area contributed by atoms with Gasteiger partial charge in [-0.2, -0.15) is 0 Å². The van der Waals surface area contributed by atoms with Gasteiger partial charge < -0.3 is 8.97 Å². The molecule has 128 valence electrons. The average Bonchev–Trinajstić information content (AvgIpc) is 3.02. The number of fused-ring (bicyclic) bond motifs is 1. The Morgan fingerprint density at radius 1 is 1.00 bits per heavy atom. The third-order valence-electron chi connectivity index (χ3n) is 4.16. The summed E-state index contributed by atoms with van der Waals surface area (Å²) in [4.78, 5) is 26.7. The molecule has 0 unspecified atom stereocenters. The minimum Gasteiger partial charge on any atom is -0.342 e. The highest BCUT2D eigenvalue weighted by Gasteiger charge is 2.16. The summed E-state index contributed by atoms with van der Waals surface area (Å²) in [6.07, 6.45) is 4.72. The number of aromatic nitrogens is 3. The molecular formula is C19H14N4O3. The summed E-state index contributed by atoms with van der Waals surface area (Å²) in [7, 11) is 0. The quantitative estimate of drug-likeness (QED) is 0.420. The van der Waals surface area contributed by atoms with E-state index in [1.165, 1.54) is 12.3 Å². The van der Waals surface area contributed by atoms with Crippen LogP contribution >= 0.6 is 0 Å². The zero-order chi connectivity index (χ0) is 18.1. The first-order valence-electron chi connectivity index (χ1n) is 7.99. The minimum atomic E-state index is -0.661. The summed E-state index contributed by atoms with van der Waals surface area (Å²) in [6, 6.07) is 16.7. The summed E-state index contributed by atoms with van der Waals surface area (Å²) in [5.41, 5.74) is 2.39. The van der Waals surface area contributed by atoms with Gasteiger partial charge >= 0.3 is 5.69 Å². The maximum Gasteiger partial charge on any atom is 0.332 e. The summed E-state index contributed by atoms with van der Waals surface area (Å²) in [5.74, 6) is 0. The van der Waals surface area contributed by atoms with Crippen LogP contribution in [0.15, 0.2) is 78.0 Å². The Kier molecular flexibility index (Phi) is 3.81. The smallest absolute Gasteiger partial charge is 0.332 e. The predicted molar refractivity (Wildman–Crippen MR) is 97.1 cm³/mol. The van der Waals surface area contributed by atoms with E-state index in [1.54, 1.807) is 10.8 Å². The van der Waals surface area contributed by atoms with Crippen LogP contribution in [0.25, 0.3) is 16.9 Å². The van der Waals surface area contributed by atoms with Crippen LogP contribution in [0.3, 0.4) is 0 Å². The zero-order valence-corrected chi connectivity index (χ0v) is 13.6. The number of rotatable bonds is 4. The normalized spacial score (nSPS) is 10.9. The second kappa shape index (κ2) is 6.29. The lowest BCUT2D eigenvalue weighted by Crippen LogP contribution is -2.12. The van der Waals surface area contributed by atoms with E-state index in [4.69, 9.17) is 4.98 Å². The molecule has 0 aliphatic heterocycles. The zero-order valence-electron chi connectivity index (χ0n) is 13.6. The van der Waals surface area contributed by atoms with E-state index in [0.717, 1.165) is 22.6 Å². The first-order chi connectivity index (χ1) is 12.6. The van der Waals surface area contributed by atoms with E-state index in [9.17, 15) is 14.9 Å². The molecule has 0 atom stereocenters. The van der Waals surface area contributed by atoms with E-state index in [0.29, 0.717) is 6.54 Å². The van der Waals surface area contributed by atoms with Crippen LogP contribution in [0.2, 0.25) is 0 Å². The fourth-order valence-corrected chi connectivity index (χ4v) is 2.95. The number of imidazole rings is 1. The Balaban J connectivity index is 1.87. The minimum absolute atomic E-state index is 0.344. The van der Waals surface area contributed by atoms with Crippen LogP contribution in [0, 0.1) is 10.1 Å². The van der Waals surface area contributed by atoms with E-state index in [2.05, 4.69) is 0 Å². The SMILES string of the molecule is O=c1ccn(Cc2c(-c3ccccc3)nc3ccccn23)cc1[N+](=O)[O-]. The van der Waals surface area contributed by atoms with Crippen molar-refractivity contribution < 1.29 is 4.92 Å². The van der Waals surface area contributed by atoms with Gasteiger partial charge in [-0.15, -0.1) is 0 Å². The molecule has 4 rings (SSSR count). The van der Waals surface area contributed by atoms with Crippen LogP contribution in [0.4, 0.5) is 5.69 Å². The van der Waals surface area contributed by atoms with Crippen molar-refractivity contribution in [2.75, 3.05) is 0 Å². The molecule has 1 aromatic carbocycles. The molecule has 0 spiro atoms. The molecule has 0 amide bonds. The standard InChI is InChI=1S/C19H14N4O3/c24-17-9-11-21(12-15(17)23(25)26)13-16-19(14-6-2-1-3-7-14)20-18-8-4-5-10-22(16)18/h1-12H,13H2. The number of hydrogen-bond acceptors (Lipinski definition) is 4. The molecule has 0 radical (unpaired) electrons. The van der Waals surface area contributed by atoms with Crippen molar-refractivity contribution in [2.24, 2.45) is 0 Å². The Bertz CT molecular complexity index is 1160. The van der Waals surface area contributed by atoms with Gasteiger partial charge in [0.2, 0.25) is 0 Å². The molecule has 0 bridgehead atoms. The third-order valence-corrected chi connectivity index (χ3v) is 4.16. The molecule has 3 aromatic heterocycles. The summed E-state index contributed by atoms with van der Waals surface area (Å²) in [6.45, 7) is 0.344. The van der Waals surface area contributed by atoms with Gasteiger partial charge in [0.25, 0.3) is 5.43 Å². The predicted octanol–water partition coefficient (Wildman–Crippen LogP) is 3.12. The summed E-state index contributed by atoms with van der Waals surface area (Å²) >= 11 is 0. The Labute approximate surface area is 147 Å². The maximum atomic E-state index is 11.6. The molecular weight excluding hydrogens is 332 g/mol. The highest BCUT2D eigenvalue weighted by atomic mass is 16.6. The number of benzene rings is 1. The van der Waals surface area contributed by atoms with Crippen LogP contribution in [0.1, 0.15) is 5.69 Å². The highest BCUT2D eigenvalue weighted by Crippen LogP contribution is 2.25. The molecule has 26 heavy (non-hydrogen) atoms. The molecule has 0 saturated carbocycles. The number of nitrogens with zero attached hydrogens (tertiary/aromatic N) is 4. The Morgan fingerprint density at radius 2 is 1.77 bits per heavy atom. The van der Waals surface area contributed by atoms with Crippen LogP contribution < -0.4 is 5.43 Å². The first kappa shape index (κ1) is 15.8. The summed E-state index contributed by atoms with van der Waals surface area (Å²) < 4.78 is 3.58. The molecule has 0 saturated heterocycles. The molecule has 7 nitrogen and oxygen atoms in total. The average molecular weight is 346 g/mol. The van der Waals surface area contributed by atoms with Gasteiger partial charge in [-0.05, 0) is 12.1 Å². The Morgan fingerprint density at radius 3 is 2.54 bits per heavy atom. The van der Waals surface area contributed by atoms with Crippen molar-refractivity contribution in [1.29, 1.82) is 0 Å². The topological polar surface area (TPSA) is 82.4 Å². The molecule has 0 fully saturated rings. The molecule has 0 aliphatic carbocycles. The summed E-state index contributed by atoms with van der Waals surface area (Å²) in [5, 5.41) is 11.1. The van der Waals surface area contributed by atoms with Gasteiger partial charge in [0.15, 0.2) is 0 Å². The largest absolute Gasteiger partial charge is 0.342 e. The third kappa shape index (κ3) is 2.75. The first-order valence-corrected chi connectivity index (χ1v) is 7.99. The van der Waals surface area contributed by atoms with E-state index >= 15 is 0 Å². The van der Waals surface area contributed by atoms with Crippen LogP contribution in [-0.4, -0.2) is 18.9 Å². The van der Waals surface area contributed by atoms with Gasteiger partial charge in [0.1, 0.15) is 5.65 Å². The monoisotopic (exact) mass is 346 g/mol. The molecule has 0 aliphatic rings. The lowest BCUT2D eigenvalue weighted by atomic mass is 10.1. The van der Waals surface area contributed by atoms with Crippen molar-refractivity contribution in [2.45, 2.75) is 6.54 Å². The van der Waals surface area contributed by atoms with Crippen molar-refractivity contribution in [3.8, 4) is 11.3 Å². The number of hydrogen-bond donors (Lipinski definition) is 0. The molecule has 0 N–H and O–H groups in total. The molecule has 3 heterocycles. The fourth-order valence-electron chi connectivity index (χ4n) is 2.95. The fraction of sp³-hybridized carbons (Fsp3) is 0.0526. The van der Waals surface area contributed by atoms with Gasteiger partial charge in [0, 0.05) is 24.0 Å². The van der Waals surface area contributed by atoms with E-state index in [-0.39, 0.29) is 0 Å². The lowest BCUT2D eigenvalue weighted by Gasteiger charge is -2.08. The lowest BCUT2D eigenvalue weighted by molar-refractivity contribution is -0.386. The molecule has 7 heteroatoms. The maximum absolute atomic E-state index is 11.6. The van der Waals surface area contributed by atoms with Crippen LogP contribution in [-0.2, 0) is 6.54 Å². The van der Waals surface area contributed by atoms with E-state index < -0.39 is 16.0 Å². The highest BCUT2D eigenvalue weighted by molar-refractivity contribution is 5.66. The van der Waals surface area contributed by atoms with Crippen molar-refractivity contribution in [3.63, 3.8) is 0 Å². The van der Waals surface area contributed by atoms with Crippen molar-refractivity contribution >= 4 is 11.3 Å². The number of nitro groups is 1. The Hall–Kier alpha value is -3.74. The van der Waals surface area contributed by atoms with Gasteiger partial charge in [0.05, 0.1) is 29.1 Å². The van der Waals surface area contributed by atoms with Gasteiger partial charge in [-0.25, -0.2) is 4.98 Å². The van der Waals surface area contributed by atoms with Crippen LogP contribution in [0.5, 0.6) is 0 Å². The van der Waals surface area contributed by atoms with Gasteiger partial charge in [-0.1, -0.05) is 36.4 Å². The van der Waals surface area contributed by atoms with Gasteiger partial charge in [-0.3, -0.25) is 14.9 Å². The van der Waals surface area contributed by atoms with Crippen molar-refractivity contribution in [3.05, 3.63) is 99.2 Å². The molecule has 4 aromatic rings. The van der Waals surface area contributed by atoms with E-state index in [1.807, 2.05) is 59.1 Å².